The van der Waals surface area contributed by atoms with Crippen LogP contribution in [0.25, 0.3) is 0 Å². The van der Waals surface area contributed by atoms with E-state index in [0.29, 0.717) is 13.2 Å². The minimum Gasteiger partial charge on any atom is -0.308 e. The lowest BCUT2D eigenvalue weighted by atomic mass is 10.1. The third-order valence-electron chi connectivity index (χ3n) is 2.67. The minimum absolute atomic E-state index is 0.0314. The average molecular weight is 264 g/mol. The van der Waals surface area contributed by atoms with E-state index in [-0.39, 0.29) is 4.99 Å². The molecule has 0 bridgehead atoms. The SMILES string of the molecule is CCOP(=O)(OCC)C1CC(C)=C(C)CS1. The highest BCUT2D eigenvalue weighted by atomic mass is 32.2. The van der Waals surface area contributed by atoms with E-state index >= 15 is 0 Å². The first-order chi connectivity index (χ1) is 7.53. The molecule has 1 aliphatic heterocycles. The molecule has 1 rings (SSSR count). The number of allylic oxidation sites excluding steroid dienone is 1. The van der Waals surface area contributed by atoms with Gasteiger partial charge in [-0.3, -0.25) is 4.57 Å². The van der Waals surface area contributed by atoms with Crippen LogP contribution in [0.1, 0.15) is 34.1 Å². The molecule has 94 valence electrons. The highest BCUT2D eigenvalue weighted by molar-refractivity contribution is 8.05. The summed E-state index contributed by atoms with van der Waals surface area (Å²) in [6.45, 7) is 8.82. The fraction of sp³-hybridized carbons (Fsp3) is 0.818. The summed E-state index contributed by atoms with van der Waals surface area (Å²) in [5.41, 5.74) is 2.71. The van der Waals surface area contributed by atoms with Gasteiger partial charge in [0.2, 0.25) is 0 Å². The summed E-state index contributed by atoms with van der Waals surface area (Å²) >= 11 is 1.69. The van der Waals surface area contributed by atoms with E-state index in [2.05, 4.69) is 13.8 Å². The van der Waals surface area contributed by atoms with Crippen molar-refractivity contribution in [3.05, 3.63) is 11.1 Å². The fourth-order valence-electron chi connectivity index (χ4n) is 1.61. The van der Waals surface area contributed by atoms with Crippen LogP contribution < -0.4 is 0 Å². The second kappa shape index (κ2) is 6.25. The number of thioether (sulfide) groups is 1. The van der Waals surface area contributed by atoms with E-state index in [1.165, 1.54) is 11.1 Å². The number of hydrogen-bond acceptors (Lipinski definition) is 4. The Morgan fingerprint density at radius 1 is 1.25 bits per heavy atom. The van der Waals surface area contributed by atoms with Crippen LogP contribution in [0, 0.1) is 0 Å². The van der Waals surface area contributed by atoms with Crippen LogP contribution in [0.2, 0.25) is 0 Å². The fourth-order valence-corrected chi connectivity index (χ4v) is 5.61. The van der Waals surface area contributed by atoms with Gasteiger partial charge in [0, 0.05) is 5.75 Å². The van der Waals surface area contributed by atoms with Crippen molar-refractivity contribution in [2.24, 2.45) is 0 Å². The Bertz CT molecular complexity index is 304. The largest absolute Gasteiger partial charge is 0.343 e. The summed E-state index contributed by atoms with van der Waals surface area (Å²) in [6.07, 6.45) is 0.813. The lowest BCUT2D eigenvalue weighted by Crippen LogP contribution is -2.15. The van der Waals surface area contributed by atoms with E-state index in [1.807, 2.05) is 13.8 Å². The van der Waals surface area contributed by atoms with Gasteiger partial charge in [-0.05, 0) is 34.1 Å². The minimum atomic E-state index is -2.93. The molecule has 0 aliphatic carbocycles. The highest BCUT2D eigenvalue weighted by Crippen LogP contribution is 2.60. The molecule has 0 spiro atoms. The van der Waals surface area contributed by atoms with E-state index in [9.17, 15) is 4.57 Å². The Labute approximate surface area is 103 Å². The zero-order chi connectivity index (χ0) is 12.2. The first-order valence-corrected chi connectivity index (χ1v) is 8.35. The second-order valence-electron chi connectivity index (χ2n) is 3.91. The predicted octanol–water partition coefficient (Wildman–Crippen LogP) is 4.05. The van der Waals surface area contributed by atoms with Gasteiger partial charge in [-0.2, -0.15) is 0 Å². The molecule has 0 N–H and O–H groups in total. The number of rotatable bonds is 5. The van der Waals surface area contributed by atoms with Gasteiger partial charge in [-0.25, -0.2) is 0 Å². The topological polar surface area (TPSA) is 35.5 Å². The molecule has 0 aromatic carbocycles. The summed E-state index contributed by atoms with van der Waals surface area (Å²) in [6, 6.07) is 0. The summed E-state index contributed by atoms with van der Waals surface area (Å²) in [5, 5.41) is 0. The van der Waals surface area contributed by atoms with Crippen LogP contribution in [0.4, 0.5) is 0 Å². The summed E-state index contributed by atoms with van der Waals surface area (Å²) in [7, 11) is -2.93. The third-order valence-corrected chi connectivity index (χ3v) is 7.17. The van der Waals surface area contributed by atoms with E-state index in [4.69, 9.17) is 9.05 Å². The zero-order valence-electron chi connectivity index (χ0n) is 10.5. The van der Waals surface area contributed by atoms with Crippen molar-refractivity contribution >= 4 is 19.4 Å². The molecular formula is C11H21O3PS. The predicted molar refractivity (Wildman–Crippen MR) is 70.1 cm³/mol. The second-order valence-corrected chi connectivity index (χ2v) is 7.67. The maximum Gasteiger partial charge on any atom is 0.343 e. The van der Waals surface area contributed by atoms with Crippen molar-refractivity contribution in [1.82, 2.24) is 0 Å². The van der Waals surface area contributed by atoms with Crippen molar-refractivity contribution in [2.75, 3.05) is 19.0 Å². The van der Waals surface area contributed by atoms with Gasteiger partial charge in [0.15, 0.2) is 0 Å². The first-order valence-electron chi connectivity index (χ1n) is 5.69. The molecule has 0 amide bonds. The molecule has 0 saturated carbocycles. The summed E-state index contributed by atoms with van der Waals surface area (Å²) < 4.78 is 23.3. The summed E-state index contributed by atoms with van der Waals surface area (Å²) in [4.78, 5) is -0.0314. The van der Waals surface area contributed by atoms with Gasteiger partial charge in [0.05, 0.1) is 13.2 Å². The Kier molecular flexibility index (Phi) is 5.58. The molecule has 0 fully saturated rings. The van der Waals surface area contributed by atoms with Crippen molar-refractivity contribution in [3.8, 4) is 0 Å². The summed E-state index contributed by atoms with van der Waals surface area (Å²) in [5.74, 6) is 0.931. The maximum atomic E-state index is 12.5. The van der Waals surface area contributed by atoms with Gasteiger partial charge < -0.3 is 9.05 Å². The molecule has 0 radical (unpaired) electrons. The van der Waals surface area contributed by atoms with E-state index < -0.39 is 7.60 Å². The van der Waals surface area contributed by atoms with Crippen LogP contribution >= 0.6 is 19.4 Å². The molecular weight excluding hydrogens is 243 g/mol. The van der Waals surface area contributed by atoms with Gasteiger partial charge in [0.25, 0.3) is 0 Å². The Balaban J connectivity index is 2.78. The molecule has 5 heteroatoms. The maximum absolute atomic E-state index is 12.5. The van der Waals surface area contributed by atoms with Crippen molar-refractivity contribution in [3.63, 3.8) is 0 Å². The normalized spacial score (nSPS) is 22.6. The zero-order valence-corrected chi connectivity index (χ0v) is 12.2. The van der Waals surface area contributed by atoms with E-state index in [1.54, 1.807) is 11.8 Å². The molecule has 1 heterocycles. The first kappa shape index (κ1) is 14.3. The molecule has 1 atom stereocenters. The van der Waals surface area contributed by atoms with Crippen LogP contribution in [0.5, 0.6) is 0 Å². The molecule has 1 aliphatic rings. The molecule has 0 aromatic heterocycles. The molecule has 0 aromatic rings. The van der Waals surface area contributed by atoms with Gasteiger partial charge in [0.1, 0.15) is 4.99 Å². The standard InChI is InChI=1S/C11H21O3PS/c1-5-13-15(12,14-6-2)11-7-9(3)10(4)8-16-11/h11H,5-8H2,1-4H3. The average Bonchev–Trinajstić information content (AvgIpc) is 2.22. The molecule has 0 saturated heterocycles. The lowest BCUT2D eigenvalue weighted by molar-refractivity contribution is 0.218. The monoisotopic (exact) mass is 264 g/mol. The molecule has 3 nitrogen and oxygen atoms in total. The van der Waals surface area contributed by atoms with Crippen LogP contribution in [-0.2, 0) is 13.6 Å². The van der Waals surface area contributed by atoms with Crippen molar-refractivity contribution in [1.29, 1.82) is 0 Å². The van der Waals surface area contributed by atoms with Gasteiger partial charge >= 0.3 is 7.60 Å². The quantitative estimate of drug-likeness (QED) is 0.554. The van der Waals surface area contributed by atoms with Crippen LogP contribution in [0.3, 0.4) is 0 Å². The smallest absolute Gasteiger partial charge is 0.308 e. The molecule has 1 unspecified atom stereocenters. The molecule has 16 heavy (non-hydrogen) atoms. The Hall–Kier alpha value is 0.240. The Morgan fingerprint density at radius 3 is 2.25 bits per heavy atom. The Morgan fingerprint density at radius 2 is 1.81 bits per heavy atom. The third kappa shape index (κ3) is 3.36. The lowest BCUT2D eigenvalue weighted by Gasteiger charge is -2.29. The van der Waals surface area contributed by atoms with Crippen LogP contribution in [-0.4, -0.2) is 24.0 Å². The van der Waals surface area contributed by atoms with E-state index in [0.717, 1.165) is 12.2 Å². The van der Waals surface area contributed by atoms with Gasteiger partial charge in [-0.1, -0.05) is 11.1 Å². The highest BCUT2D eigenvalue weighted by Gasteiger charge is 2.37. The van der Waals surface area contributed by atoms with Crippen molar-refractivity contribution < 1.29 is 13.6 Å². The van der Waals surface area contributed by atoms with Gasteiger partial charge in [-0.15, -0.1) is 11.8 Å². The van der Waals surface area contributed by atoms with Crippen molar-refractivity contribution in [2.45, 2.75) is 39.1 Å². The number of hydrogen-bond donors (Lipinski definition) is 0. The van der Waals surface area contributed by atoms with Crippen LogP contribution in [0.15, 0.2) is 11.1 Å².